The predicted molar refractivity (Wildman–Crippen MR) is 73.4 cm³/mol. The number of nitrogens with two attached hydrogens (primary N) is 1. The molecule has 0 bridgehead atoms. The molecule has 7 heteroatoms. The Kier molecular flexibility index (Phi) is 4.31. The van der Waals surface area contributed by atoms with E-state index in [-0.39, 0.29) is 17.2 Å². The molecule has 0 fully saturated rings. The van der Waals surface area contributed by atoms with Crippen LogP contribution in [0.15, 0.2) is 9.59 Å². The van der Waals surface area contributed by atoms with Gasteiger partial charge in [0.15, 0.2) is 5.78 Å². The third-order valence-electron chi connectivity index (χ3n) is 3.50. The van der Waals surface area contributed by atoms with Gasteiger partial charge in [0.2, 0.25) is 0 Å². The fourth-order valence-corrected chi connectivity index (χ4v) is 1.77. The van der Waals surface area contributed by atoms with Crippen molar-refractivity contribution in [1.29, 1.82) is 0 Å². The second-order valence-electron chi connectivity index (χ2n) is 4.58. The monoisotopic (exact) mass is 268 g/mol. The number of anilines is 1. The van der Waals surface area contributed by atoms with Crippen LogP contribution in [0.1, 0.15) is 24.2 Å². The highest BCUT2D eigenvalue weighted by Gasteiger charge is 2.26. The summed E-state index contributed by atoms with van der Waals surface area (Å²) < 4.78 is 2.00. The van der Waals surface area contributed by atoms with Crippen molar-refractivity contribution in [2.75, 3.05) is 19.3 Å². The minimum atomic E-state index is -0.651. The van der Waals surface area contributed by atoms with E-state index in [1.54, 1.807) is 18.9 Å². The lowest BCUT2D eigenvalue weighted by Gasteiger charge is -2.22. The summed E-state index contributed by atoms with van der Waals surface area (Å²) in [5, 5.41) is 0. The molecule has 0 aliphatic carbocycles. The van der Waals surface area contributed by atoms with Crippen molar-refractivity contribution in [1.82, 2.24) is 14.0 Å². The normalized spacial score (nSPS) is 12.7. The maximum Gasteiger partial charge on any atom is 0.332 e. The van der Waals surface area contributed by atoms with Gasteiger partial charge in [-0.2, -0.15) is 0 Å². The Morgan fingerprint density at radius 2 is 1.84 bits per heavy atom. The zero-order valence-corrected chi connectivity index (χ0v) is 11.9. The summed E-state index contributed by atoms with van der Waals surface area (Å²) in [7, 11) is 4.54. The molecular weight excluding hydrogens is 248 g/mol. The lowest BCUT2D eigenvalue weighted by Crippen LogP contribution is -2.45. The SMILES string of the molecule is CCN(C)C(C)C(=O)c1c(N)n(C)c(=O)n(C)c1=O. The van der Waals surface area contributed by atoms with E-state index in [2.05, 4.69) is 0 Å². The van der Waals surface area contributed by atoms with E-state index < -0.39 is 17.3 Å². The lowest BCUT2D eigenvalue weighted by atomic mass is 10.1. The summed E-state index contributed by atoms with van der Waals surface area (Å²) in [6.07, 6.45) is 0. The molecule has 0 radical (unpaired) electrons. The molecule has 1 unspecified atom stereocenters. The highest BCUT2D eigenvalue weighted by Crippen LogP contribution is 2.09. The average Bonchev–Trinajstić information content (AvgIpc) is 2.41. The van der Waals surface area contributed by atoms with Crippen LogP contribution < -0.4 is 17.0 Å². The van der Waals surface area contributed by atoms with E-state index in [0.29, 0.717) is 6.54 Å². The number of Topliss-reactive ketones (excluding diaryl/α,β-unsaturated/α-hetero) is 1. The molecule has 106 valence electrons. The quantitative estimate of drug-likeness (QED) is 0.721. The number of likely N-dealkylation sites (N-methyl/N-ethyl adjacent to an activating group) is 1. The molecule has 0 saturated carbocycles. The third kappa shape index (κ3) is 2.46. The molecule has 0 aliphatic rings. The van der Waals surface area contributed by atoms with E-state index in [1.165, 1.54) is 14.1 Å². The summed E-state index contributed by atoms with van der Waals surface area (Å²) in [6.45, 7) is 4.28. The Hall–Kier alpha value is -1.89. The molecule has 0 saturated heterocycles. The zero-order chi connectivity index (χ0) is 14.9. The van der Waals surface area contributed by atoms with Crippen LogP contribution >= 0.6 is 0 Å². The van der Waals surface area contributed by atoms with Crippen LogP contribution in [-0.4, -0.2) is 39.5 Å². The number of carbonyl (C=O) groups excluding carboxylic acids is 1. The van der Waals surface area contributed by atoms with Gasteiger partial charge in [-0.1, -0.05) is 6.92 Å². The summed E-state index contributed by atoms with van der Waals surface area (Å²) in [5.41, 5.74) is 4.42. The first kappa shape index (κ1) is 15.2. The van der Waals surface area contributed by atoms with Gasteiger partial charge in [-0.3, -0.25) is 23.6 Å². The molecule has 2 N–H and O–H groups in total. The van der Waals surface area contributed by atoms with E-state index in [0.717, 1.165) is 9.13 Å². The van der Waals surface area contributed by atoms with E-state index in [4.69, 9.17) is 5.73 Å². The topological polar surface area (TPSA) is 90.3 Å². The predicted octanol–water partition coefficient (Wildman–Crippen LogP) is -0.811. The van der Waals surface area contributed by atoms with Gasteiger partial charge < -0.3 is 5.73 Å². The third-order valence-corrected chi connectivity index (χ3v) is 3.50. The second kappa shape index (κ2) is 5.40. The highest BCUT2D eigenvalue weighted by atomic mass is 16.2. The summed E-state index contributed by atoms with van der Waals surface area (Å²) in [5.74, 6) is -0.465. The first-order valence-electron chi connectivity index (χ1n) is 6.03. The molecular formula is C12H20N4O3. The van der Waals surface area contributed by atoms with Crippen molar-refractivity contribution in [3.05, 3.63) is 26.4 Å². The molecule has 7 nitrogen and oxygen atoms in total. The maximum absolute atomic E-state index is 12.4. The zero-order valence-electron chi connectivity index (χ0n) is 11.9. The molecule has 1 aromatic rings. The number of nitrogens with zero attached hydrogens (tertiary/aromatic N) is 3. The molecule has 0 spiro atoms. The van der Waals surface area contributed by atoms with Gasteiger partial charge >= 0.3 is 5.69 Å². The smallest absolute Gasteiger partial charge is 0.332 e. The van der Waals surface area contributed by atoms with Crippen LogP contribution in [-0.2, 0) is 14.1 Å². The molecule has 1 aromatic heterocycles. The first-order valence-corrected chi connectivity index (χ1v) is 6.03. The Balaban J connectivity index is 3.49. The Morgan fingerprint density at radius 1 is 1.32 bits per heavy atom. The van der Waals surface area contributed by atoms with Crippen LogP contribution in [0, 0.1) is 0 Å². The number of nitrogen functional groups attached to an aromatic ring is 1. The fraction of sp³-hybridized carbons (Fsp3) is 0.583. The molecule has 1 heterocycles. The molecule has 0 aromatic carbocycles. The summed E-state index contributed by atoms with van der Waals surface area (Å²) in [4.78, 5) is 37.9. The van der Waals surface area contributed by atoms with Crippen LogP contribution in [0.4, 0.5) is 5.82 Å². The van der Waals surface area contributed by atoms with Crippen molar-refractivity contribution < 1.29 is 4.79 Å². The van der Waals surface area contributed by atoms with E-state index in [9.17, 15) is 14.4 Å². The molecule has 19 heavy (non-hydrogen) atoms. The van der Waals surface area contributed by atoms with Crippen LogP contribution in [0.25, 0.3) is 0 Å². The standard InChI is InChI=1S/C12H20N4O3/c1-6-14(3)7(2)9(17)8-10(13)15(4)12(19)16(5)11(8)18/h7H,6,13H2,1-5H3. The van der Waals surface area contributed by atoms with Gasteiger partial charge in [0.05, 0.1) is 6.04 Å². The summed E-state index contributed by atoms with van der Waals surface area (Å²) >= 11 is 0. The Morgan fingerprint density at radius 3 is 2.32 bits per heavy atom. The van der Waals surface area contributed by atoms with Gasteiger partial charge in [-0.05, 0) is 20.5 Å². The lowest BCUT2D eigenvalue weighted by molar-refractivity contribution is 0.0871. The van der Waals surface area contributed by atoms with Crippen LogP contribution in [0.5, 0.6) is 0 Å². The van der Waals surface area contributed by atoms with Gasteiger partial charge in [0.25, 0.3) is 5.56 Å². The minimum Gasteiger partial charge on any atom is -0.384 e. The molecule has 0 aliphatic heterocycles. The largest absolute Gasteiger partial charge is 0.384 e. The van der Waals surface area contributed by atoms with Crippen molar-refractivity contribution in [3.63, 3.8) is 0 Å². The molecule has 1 rings (SSSR count). The van der Waals surface area contributed by atoms with Gasteiger partial charge in [-0.15, -0.1) is 0 Å². The van der Waals surface area contributed by atoms with Crippen LogP contribution in [0.3, 0.4) is 0 Å². The number of rotatable bonds is 4. The van der Waals surface area contributed by atoms with E-state index in [1.807, 2.05) is 6.92 Å². The van der Waals surface area contributed by atoms with Gasteiger partial charge in [-0.25, -0.2) is 4.79 Å². The fourth-order valence-electron chi connectivity index (χ4n) is 1.77. The molecule has 1 atom stereocenters. The van der Waals surface area contributed by atoms with Crippen molar-refractivity contribution in [2.45, 2.75) is 19.9 Å². The average molecular weight is 268 g/mol. The maximum atomic E-state index is 12.4. The Bertz CT molecular complexity index is 615. The summed E-state index contributed by atoms with van der Waals surface area (Å²) in [6, 6.07) is -0.475. The van der Waals surface area contributed by atoms with Crippen molar-refractivity contribution in [3.8, 4) is 0 Å². The highest BCUT2D eigenvalue weighted by molar-refractivity contribution is 6.03. The van der Waals surface area contributed by atoms with E-state index >= 15 is 0 Å². The minimum absolute atomic E-state index is 0.0885. The van der Waals surface area contributed by atoms with Crippen LogP contribution in [0.2, 0.25) is 0 Å². The molecule has 0 amide bonds. The number of carbonyl (C=O) groups is 1. The van der Waals surface area contributed by atoms with Gasteiger partial charge in [0, 0.05) is 14.1 Å². The van der Waals surface area contributed by atoms with Crippen molar-refractivity contribution in [2.24, 2.45) is 14.1 Å². The number of ketones is 1. The second-order valence-corrected chi connectivity index (χ2v) is 4.58. The first-order chi connectivity index (χ1) is 8.73. The number of hydrogen-bond donors (Lipinski definition) is 1. The number of hydrogen-bond acceptors (Lipinski definition) is 5. The Labute approximate surface area is 111 Å². The number of aromatic nitrogens is 2. The van der Waals surface area contributed by atoms with Crippen molar-refractivity contribution >= 4 is 11.6 Å². The van der Waals surface area contributed by atoms with Gasteiger partial charge in [0.1, 0.15) is 11.4 Å².